The van der Waals surface area contributed by atoms with Gasteiger partial charge in [-0.05, 0) is 35.6 Å². The van der Waals surface area contributed by atoms with Crippen molar-refractivity contribution in [2.24, 2.45) is 0 Å². The molecule has 1 aromatic heterocycles. The Labute approximate surface area is 164 Å². The number of benzene rings is 2. The Bertz CT molecular complexity index is 1020. The number of nitrogens with one attached hydrogen (secondary N) is 2. The van der Waals surface area contributed by atoms with E-state index in [0.717, 1.165) is 30.5 Å². The van der Waals surface area contributed by atoms with Gasteiger partial charge in [-0.15, -0.1) is 0 Å². The Hall–Kier alpha value is -3.25. The van der Waals surface area contributed by atoms with Gasteiger partial charge >= 0.3 is 0 Å². The number of carbonyl (C=O) groups excluding carboxylic acids is 1. The lowest BCUT2D eigenvalue weighted by Crippen LogP contribution is -2.21. The molecule has 0 unspecified atom stereocenters. The normalized spacial score (nSPS) is 15.2. The number of aromatic nitrogens is 2. The number of aryl methyl sites for hydroxylation is 1. The number of hydrogen-bond donors (Lipinski definition) is 3. The molecule has 6 nitrogen and oxygen atoms in total. The maximum atomic E-state index is 11.9. The molecule has 4 N–H and O–H groups in total. The molecule has 1 aliphatic carbocycles. The minimum Gasteiger partial charge on any atom is -0.382 e. The molecule has 28 heavy (non-hydrogen) atoms. The van der Waals surface area contributed by atoms with Crippen LogP contribution in [0.3, 0.4) is 0 Å². The summed E-state index contributed by atoms with van der Waals surface area (Å²) in [6.07, 6.45) is 3.84. The highest BCUT2D eigenvalue weighted by Gasteiger charge is 2.21. The third-order valence-corrected chi connectivity index (χ3v) is 5.15. The monoisotopic (exact) mass is 373 g/mol. The van der Waals surface area contributed by atoms with Crippen molar-refractivity contribution in [3.63, 3.8) is 0 Å². The Balaban J connectivity index is 1.52. The van der Waals surface area contributed by atoms with Crippen LogP contribution in [0, 0.1) is 0 Å². The zero-order valence-electron chi connectivity index (χ0n) is 15.8. The van der Waals surface area contributed by atoms with E-state index >= 15 is 0 Å². The van der Waals surface area contributed by atoms with Crippen molar-refractivity contribution in [1.29, 1.82) is 0 Å². The van der Waals surface area contributed by atoms with Crippen molar-refractivity contribution in [1.82, 2.24) is 20.6 Å². The summed E-state index contributed by atoms with van der Waals surface area (Å²) in [5, 5.41) is 6.20. The number of anilines is 1. The molecule has 4 rings (SSSR count). The number of nitrogens with two attached hydrogens (primary N) is 1. The van der Waals surface area contributed by atoms with E-state index in [1.807, 2.05) is 12.1 Å². The fourth-order valence-electron chi connectivity index (χ4n) is 3.67. The van der Waals surface area contributed by atoms with Gasteiger partial charge in [-0.1, -0.05) is 42.5 Å². The molecule has 0 saturated carbocycles. The molecule has 0 bridgehead atoms. The summed E-state index contributed by atoms with van der Waals surface area (Å²) in [7, 11) is 1.55. The van der Waals surface area contributed by atoms with Gasteiger partial charge in [0.15, 0.2) is 11.5 Å². The third-order valence-electron chi connectivity index (χ3n) is 5.15. The first-order chi connectivity index (χ1) is 13.7. The maximum Gasteiger partial charge on any atom is 0.273 e. The first-order valence-electron chi connectivity index (χ1n) is 9.41. The molecule has 0 radical (unpaired) electrons. The standard InChI is InChI=1S/C22H23N5O/c1-24-22(28)20-21(23)26-13-19(27-20)16-7-4-5-14(11-16)12-25-18-10-9-15-6-2-3-8-17(15)18/h2-8,11,13,18,25H,9-10,12H2,1H3,(H2,23,26)(H,24,28)/t18-/m1/s1. The number of fused-ring (bicyclic) bond motifs is 1. The molecule has 0 aliphatic heterocycles. The molecule has 3 aromatic rings. The van der Waals surface area contributed by atoms with Crippen molar-refractivity contribution in [3.8, 4) is 11.3 Å². The molecule has 1 aliphatic rings. The van der Waals surface area contributed by atoms with E-state index in [1.165, 1.54) is 11.1 Å². The fraction of sp³-hybridized carbons (Fsp3) is 0.227. The number of amides is 1. The highest BCUT2D eigenvalue weighted by atomic mass is 16.1. The van der Waals surface area contributed by atoms with Gasteiger partial charge in [0.1, 0.15) is 0 Å². The lowest BCUT2D eigenvalue weighted by atomic mass is 10.1. The Morgan fingerprint density at radius 1 is 1.21 bits per heavy atom. The molecule has 1 amide bonds. The summed E-state index contributed by atoms with van der Waals surface area (Å²) >= 11 is 0. The average Bonchev–Trinajstić information content (AvgIpc) is 3.15. The van der Waals surface area contributed by atoms with Crippen LogP contribution in [0.25, 0.3) is 11.3 Å². The van der Waals surface area contributed by atoms with Crippen LogP contribution in [0.2, 0.25) is 0 Å². The molecular formula is C22H23N5O. The van der Waals surface area contributed by atoms with Crippen LogP contribution in [-0.4, -0.2) is 22.9 Å². The summed E-state index contributed by atoms with van der Waals surface area (Å²) in [5.41, 5.74) is 11.5. The van der Waals surface area contributed by atoms with Crippen molar-refractivity contribution in [2.45, 2.75) is 25.4 Å². The minimum atomic E-state index is -0.343. The molecule has 0 saturated heterocycles. The molecule has 6 heteroatoms. The van der Waals surface area contributed by atoms with Crippen molar-refractivity contribution in [2.75, 3.05) is 12.8 Å². The minimum absolute atomic E-state index is 0.126. The summed E-state index contributed by atoms with van der Waals surface area (Å²) in [4.78, 5) is 20.5. The summed E-state index contributed by atoms with van der Waals surface area (Å²) in [5.74, 6) is -0.217. The SMILES string of the molecule is CNC(=O)c1nc(-c2cccc(CN[C@@H]3CCc4ccccc43)c2)cnc1N. The van der Waals surface area contributed by atoms with Gasteiger partial charge in [0.05, 0.1) is 11.9 Å². The molecule has 0 spiro atoms. The third kappa shape index (κ3) is 3.59. The van der Waals surface area contributed by atoms with Crippen molar-refractivity contribution in [3.05, 3.63) is 77.1 Å². The molecular weight excluding hydrogens is 350 g/mol. The second-order valence-corrected chi connectivity index (χ2v) is 6.94. The van der Waals surface area contributed by atoms with Gasteiger partial charge in [-0.2, -0.15) is 0 Å². The van der Waals surface area contributed by atoms with Crippen LogP contribution in [0.1, 0.15) is 39.6 Å². The van der Waals surface area contributed by atoms with Crippen LogP contribution in [-0.2, 0) is 13.0 Å². The lowest BCUT2D eigenvalue weighted by Gasteiger charge is -2.14. The first kappa shape index (κ1) is 18.1. The lowest BCUT2D eigenvalue weighted by molar-refractivity contribution is 0.0959. The number of hydrogen-bond acceptors (Lipinski definition) is 5. The predicted molar refractivity (Wildman–Crippen MR) is 110 cm³/mol. The second-order valence-electron chi connectivity index (χ2n) is 6.94. The molecule has 142 valence electrons. The van der Waals surface area contributed by atoms with E-state index in [4.69, 9.17) is 5.73 Å². The molecule has 1 atom stereocenters. The van der Waals surface area contributed by atoms with Gasteiger partial charge < -0.3 is 16.4 Å². The average molecular weight is 373 g/mol. The topological polar surface area (TPSA) is 92.9 Å². The highest BCUT2D eigenvalue weighted by molar-refractivity contribution is 5.96. The highest BCUT2D eigenvalue weighted by Crippen LogP contribution is 2.31. The Morgan fingerprint density at radius 3 is 2.93 bits per heavy atom. The van der Waals surface area contributed by atoms with Gasteiger partial charge in [0, 0.05) is 25.2 Å². The second kappa shape index (κ2) is 7.78. The van der Waals surface area contributed by atoms with Crippen LogP contribution in [0.15, 0.2) is 54.7 Å². The molecule has 0 fully saturated rings. The van der Waals surface area contributed by atoms with Crippen LogP contribution >= 0.6 is 0 Å². The first-order valence-corrected chi connectivity index (χ1v) is 9.41. The summed E-state index contributed by atoms with van der Waals surface area (Å²) in [6, 6.07) is 17.1. The number of rotatable bonds is 5. The van der Waals surface area contributed by atoms with E-state index in [0.29, 0.717) is 11.7 Å². The zero-order chi connectivity index (χ0) is 19.5. The van der Waals surface area contributed by atoms with Gasteiger partial charge in [-0.3, -0.25) is 4.79 Å². The molecule has 1 heterocycles. The summed E-state index contributed by atoms with van der Waals surface area (Å²) < 4.78 is 0. The Kier molecular flexibility index (Phi) is 5.04. The van der Waals surface area contributed by atoms with E-state index < -0.39 is 0 Å². The van der Waals surface area contributed by atoms with Gasteiger partial charge in [0.2, 0.25) is 0 Å². The van der Waals surface area contributed by atoms with Crippen LogP contribution in [0.4, 0.5) is 5.82 Å². The molecule has 2 aromatic carbocycles. The van der Waals surface area contributed by atoms with E-state index in [9.17, 15) is 4.79 Å². The van der Waals surface area contributed by atoms with E-state index in [-0.39, 0.29) is 17.4 Å². The van der Waals surface area contributed by atoms with Crippen molar-refractivity contribution < 1.29 is 4.79 Å². The Morgan fingerprint density at radius 2 is 2.07 bits per heavy atom. The summed E-state index contributed by atoms with van der Waals surface area (Å²) in [6.45, 7) is 0.761. The van der Waals surface area contributed by atoms with E-state index in [2.05, 4.69) is 57.0 Å². The fourth-order valence-corrected chi connectivity index (χ4v) is 3.67. The number of nitrogens with zero attached hydrogens (tertiary/aromatic N) is 2. The predicted octanol–water partition coefficient (Wildman–Crippen LogP) is 2.86. The maximum absolute atomic E-state index is 11.9. The quantitative estimate of drug-likeness (QED) is 0.639. The number of nitrogen functional groups attached to an aromatic ring is 1. The van der Waals surface area contributed by atoms with E-state index in [1.54, 1.807) is 13.2 Å². The smallest absolute Gasteiger partial charge is 0.273 e. The van der Waals surface area contributed by atoms with Crippen LogP contribution in [0.5, 0.6) is 0 Å². The van der Waals surface area contributed by atoms with Crippen LogP contribution < -0.4 is 16.4 Å². The van der Waals surface area contributed by atoms with Gasteiger partial charge in [0.25, 0.3) is 5.91 Å². The van der Waals surface area contributed by atoms with Crippen molar-refractivity contribution >= 4 is 11.7 Å². The zero-order valence-corrected chi connectivity index (χ0v) is 15.8. The van der Waals surface area contributed by atoms with Gasteiger partial charge in [-0.25, -0.2) is 9.97 Å². The largest absolute Gasteiger partial charge is 0.382 e. The number of carbonyl (C=O) groups is 1.